The molecule has 1 fully saturated rings. The molecule has 0 bridgehead atoms. The molecule has 10 N–H and O–H groups in total. The normalized spacial score (nSPS) is 21.6. The topological polar surface area (TPSA) is 381 Å². The molecule has 1 aliphatic heterocycles. The number of carbonyl (C=O) groups is 4. The van der Waals surface area contributed by atoms with Gasteiger partial charge in [0.1, 0.15) is 42.8 Å². The number of quaternary nitrogens is 1. The molecule has 30 heteroatoms. The number of ketones is 1. The van der Waals surface area contributed by atoms with Crippen LogP contribution in [0.25, 0.3) is 11.2 Å². The Labute approximate surface area is 335 Å². The minimum Gasteiger partial charge on any atom is -0.386 e. The summed E-state index contributed by atoms with van der Waals surface area (Å²) in [5, 5.41) is 26.0. The number of anilines is 1. The molecule has 2 amide bonds. The van der Waals surface area contributed by atoms with Gasteiger partial charge in [-0.25, -0.2) is 28.6 Å². The zero-order valence-corrected chi connectivity index (χ0v) is 35.3. The quantitative estimate of drug-likeness (QED) is 0.0260. The lowest BCUT2D eigenvalue weighted by molar-refractivity contribution is -0.862. The molecular weight excluding hydrogens is 861 g/mol. The van der Waals surface area contributed by atoms with E-state index in [1.807, 2.05) is 21.1 Å². The summed E-state index contributed by atoms with van der Waals surface area (Å²) in [5.74, 6) is -1.54. The Morgan fingerprint density at radius 1 is 1.03 bits per heavy atom. The van der Waals surface area contributed by atoms with Gasteiger partial charge in [0.25, 0.3) is 0 Å². The molecule has 1 aliphatic rings. The Kier molecular flexibility index (Phi) is 17.2. The Morgan fingerprint density at radius 3 is 2.33 bits per heavy atom. The number of imidazole rings is 1. The van der Waals surface area contributed by atoms with Crippen LogP contribution in [0.5, 0.6) is 0 Å². The largest absolute Gasteiger partial charge is 0.481 e. The van der Waals surface area contributed by atoms with Crippen LogP contribution in [0.4, 0.5) is 5.82 Å². The number of phosphoric ester groups is 3. The van der Waals surface area contributed by atoms with E-state index in [1.54, 1.807) is 0 Å². The summed E-state index contributed by atoms with van der Waals surface area (Å²) in [6.45, 7) is 0.493. The molecule has 0 aromatic carbocycles. The third-order valence-electron chi connectivity index (χ3n) is 7.76. The number of rotatable bonds is 23. The van der Waals surface area contributed by atoms with E-state index in [-0.39, 0.29) is 66.1 Å². The number of hydrogen-bond acceptors (Lipinski definition) is 19. The number of ether oxygens (including phenoxy) is 1. The van der Waals surface area contributed by atoms with Crippen molar-refractivity contribution in [3.63, 3.8) is 0 Å². The van der Waals surface area contributed by atoms with Gasteiger partial charge < -0.3 is 55.4 Å². The van der Waals surface area contributed by atoms with E-state index in [0.717, 1.165) is 29.0 Å². The highest BCUT2D eigenvalue weighted by Crippen LogP contribution is 2.61. The van der Waals surface area contributed by atoms with Crippen LogP contribution in [0.1, 0.15) is 32.9 Å². The van der Waals surface area contributed by atoms with Gasteiger partial charge in [0.2, 0.25) is 11.8 Å². The van der Waals surface area contributed by atoms with Crippen molar-refractivity contribution < 1.29 is 89.8 Å². The van der Waals surface area contributed by atoms with Gasteiger partial charge in [-0.05, 0) is 0 Å². The number of carbonyl (C=O) groups excluding carboxylic acids is 4. The summed E-state index contributed by atoms with van der Waals surface area (Å²) in [4.78, 5) is 99.5. The average Bonchev–Trinajstić information content (AvgIpc) is 3.63. The van der Waals surface area contributed by atoms with Crippen LogP contribution < -0.4 is 16.4 Å². The number of nitrogens with one attached hydrogen (secondary N) is 2. The van der Waals surface area contributed by atoms with Crippen LogP contribution in [0, 0.1) is 5.41 Å². The Hall–Kier alpha value is -2.81. The first-order valence-corrected chi connectivity index (χ1v) is 22.5. The minimum absolute atomic E-state index is 0.0237. The van der Waals surface area contributed by atoms with E-state index in [9.17, 15) is 62.7 Å². The van der Waals surface area contributed by atoms with Crippen molar-refractivity contribution in [2.45, 2.75) is 57.3 Å². The standard InChI is InChI=1S/C28H47N8O18P3S/c1-28(2,23(41)26(42)31-7-6-18(38)30-8-9-58-19(39)10-16(37)11-36(3,4)5)13-51-57(48,49)54-56(46,47)50-12-17-22(53-55(43,44)45)21(40)27(52-17)35-15-34-20-24(29)32-14-33-25(20)35/h14-15,17,21-23,27,40-41H,6-13H2,1-5H3,(H7-,29,30,31,32,33,38,42,43,44,45,46,47,48,49)/p+1/t17-,21-,22-,23+,27-/m1/s1. The number of amides is 2. The Balaban J connectivity index is 1.46. The SMILES string of the molecule is CC(C)(COP(=O)(O)OP(=O)(O)OC[C@H]1O[C@@H](n2cnc3c(N)ncnc32)[C@H](O)[C@@H]1OP(=O)(O)O)[C@@H](O)C(=O)NCCC(=O)NCCSC(=O)CC(=O)C[N+](C)(C)C. The summed E-state index contributed by atoms with van der Waals surface area (Å²) in [6, 6.07) is 0. The number of thioether (sulfide) groups is 1. The molecule has 3 heterocycles. The van der Waals surface area contributed by atoms with E-state index < -0.39 is 84.6 Å². The molecule has 1 saturated heterocycles. The number of hydrogen-bond donors (Lipinski definition) is 9. The fraction of sp³-hybridized carbons (Fsp3) is 0.679. The monoisotopic (exact) mass is 909 g/mol. The lowest BCUT2D eigenvalue weighted by Gasteiger charge is -2.30. The van der Waals surface area contributed by atoms with E-state index in [0.29, 0.717) is 4.48 Å². The molecule has 2 aromatic heterocycles. The summed E-state index contributed by atoms with van der Waals surface area (Å²) in [7, 11) is -11.0. The van der Waals surface area contributed by atoms with Crippen LogP contribution in [0.15, 0.2) is 12.7 Å². The molecule has 3 rings (SSSR count). The molecule has 328 valence electrons. The number of likely N-dealkylation sites (N-methyl/N-ethyl adjacent to an activating group) is 1. The van der Waals surface area contributed by atoms with Crippen molar-refractivity contribution in [3.05, 3.63) is 12.7 Å². The number of phosphoric acid groups is 3. The number of nitrogens with two attached hydrogens (primary N) is 1. The first-order chi connectivity index (χ1) is 26.6. The van der Waals surface area contributed by atoms with E-state index in [4.69, 9.17) is 19.5 Å². The van der Waals surface area contributed by atoms with E-state index in [1.165, 1.54) is 13.8 Å². The van der Waals surface area contributed by atoms with E-state index >= 15 is 0 Å². The van der Waals surface area contributed by atoms with Crippen molar-refractivity contribution in [2.75, 3.05) is 65.5 Å². The fourth-order valence-electron chi connectivity index (χ4n) is 5.09. The molecule has 2 aromatic rings. The highest BCUT2D eigenvalue weighted by Gasteiger charge is 2.50. The fourth-order valence-corrected chi connectivity index (χ4v) is 8.62. The van der Waals surface area contributed by atoms with Crippen molar-refractivity contribution in [2.24, 2.45) is 5.41 Å². The smallest absolute Gasteiger partial charge is 0.386 e. The van der Waals surface area contributed by atoms with Crippen molar-refractivity contribution in [1.29, 1.82) is 0 Å². The molecule has 2 unspecified atom stereocenters. The molecule has 0 spiro atoms. The van der Waals surface area contributed by atoms with Crippen LogP contribution in [0.3, 0.4) is 0 Å². The molecule has 0 radical (unpaired) electrons. The molecule has 0 saturated carbocycles. The number of fused-ring (bicyclic) bond motifs is 1. The molecule has 0 aliphatic carbocycles. The van der Waals surface area contributed by atoms with Crippen molar-refractivity contribution in [1.82, 2.24) is 30.2 Å². The first-order valence-electron chi connectivity index (χ1n) is 17.0. The van der Waals surface area contributed by atoms with Gasteiger partial charge in [-0.1, -0.05) is 25.6 Å². The predicted octanol–water partition coefficient (Wildman–Crippen LogP) is -1.67. The number of nitrogen functional groups attached to an aromatic ring is 1. The maximum atomic E-state index is 12.7. The summed E-state index contributed by atoms with van der Waals surface area (Å²) in [6.07, 6.45) is -7.26. The van der Waals surface area contributed by atoms with Crippen LogP contribution >= 0.6 is 35.2 Å². The average molecular weight is 910 g/mol. The van der Waals surface area contributed by atoms with Gasteiger partial charge in [-0.2, -0.15) is 4.31 Å². The number of aromatic nitrogens is 4. The number of aliphatic hydroxyl groups excluding tert-OH is 2. The third-order valence-corrected chi connectivity index (χ3v) is 11.7. The van der Waals surface area contributed by atoms with Crippen molar-refractivity contribution in [3.8, 4) is 0 Å². The molecular formula is C28H48N8O18P3S+. The molecule has 26 nitrogen and oxygen atoms in total. The van der Waals surface area contributed by atoms with Gasteiger partial charge >= 0.3 is 23.5 Å². The first kappa shape index (κ1) is 49.6. The summed E-state index contributed by atoms with van der Waals surface area (Å²) >= 11 is 0.897. The van der Waals surface area contributed by atoms with Gasteiger partial charge in [-0.15, -0.1) is 0 Å². The second-order valence-electron chi connectivity index (χ2n) is 14.5. The lowest BCUT2D eigenvalue weighted by Crippen LogP contribution is -2.46. The Bertz CT molecular complexity index is 1940. The van der Waals surface area contributed by atoms with Crippen molar-refractivity contribution >= 4 is 74.9 Å². The van der Waals surface area contributed by atoms with Gasteiger partial charge in [-0.3, -0.25) is 37.3 Å². The lowest BCUT2D eigenvalue weighted by atomic mass is 9.87. The molecule has 58 heavy (non-hydrogen) atoms. The zero-order valence-electron chi connectivity index (χ0n) is 31.8. The van der Waals surface area contributed by atoms with Crippen LogP contribution in [0.2, 0.25) is 0 Å². The number of Topliss-reactive ketones (excluding diaryl/α,β-unsaturated/α-hetero) is 1. The van der Waals surface area contributed by atoms with Crippen LogP contribution in [-0.2, 0) is 55.5 Å². The van der Waals surface area contributed by atoms with Gasteiger partial charge in [0, 0.05) is 30.7 Å². The van der Waals surface area contributed by atoms with Crippen LogP contribution in [-0.4, -0.2) is 161 Å². The van der Waals surface area contributed by atoms with Gasteiger partial charge in [0.05, 0.1) is 47.1 Å². The summed E-state index contributed by atoms with van der Waals surface area (Å²) < 4.78 is 62.5. The second-order valence-corrected chi connectivity index (χ2v) is 19.8. The van der Waals surface area contributed by atoms with Gasteiger partial charge in [0.15, 0.2) is 28.6 Å². The highest BCUT2D eigenvalue weighted by atomic mass is 32.2. The maximum absolute atomic E-state index is 12.7. The highest BCUT2D eigenvalue weighted by molar-refractivity contribution is 8.13. The Morgan fingerprint density at radius 2 is 1.69 bits per heavy atom. The number of aliphatic hydroxyl groups is 2. The second kappa shape index (κ2) is 20.2. The summed E-state index contributed by atoms with van der Waals surface area (Å²) in [5.41, 5.74) is 4.22. The van der Waals surface area contributed by atoms with E-state index in [2.05, 4.69) is 34.4 Å². The molecule has 7 atom stereocenters. The number of nitrogens with zero attached hydrogens (tertiary/aromatic N) is 5. The maximum Gasteiger partial charge on any atom is 0.481 e. The zero-order chi connectivity index (χ0) is 43.9. The predicted molar refractivity (Wildman–Crippen MR) is 200 cm³/mol. The minimum atomic E-state index is -5.58. The third kappa shape index (κ3) is 15.7.